The smallest absolute Gasteiger partial charge is 0.162 e. The molecule has 2 heteroatoms. The largest absolute Gasteiger partial charge is 0.343 e. The quantitative estimate of drug-likeness (QED) is 0.420. The zero-order valence-electron chi connectivity index (χ0n) is 15.4. The minimum absolute atomic E-state index is 0.0898. The number of hydrogen-bond acceptors (Lipinski definition) is 2. The molecule has 4 aromatic carbocycles. The van der Waals surface area contributed by atoms with Gasteiger partial charge in [0.1, 0.15) is 0 Å². The Bertz CT molecular complexity index is 1250. The minimum Gasteiger partial charge on any atom is -0.343 e. The standard InChI is InChI=1S/C25H19NO/c1-16(27)23-21-14-8-13-20-19-12-7-6-11-18(19)15-22(24(20)21)26(2)25(23)17-9-4-3-5-10-17/h3-15H,1-2H3. The summed E-state index contributed by atoms with van der Waals surface area (Å²) in [5, 5.41) is 4.78. The second kappa shape index (κ2) is 5.82. The average Bonchev–Trinajstić information content (AvgIpc) is 2.70. The molecule has 4 aromatic rings. The maximum atomic E-state index is 12.8. The molecule has 2 nitrogen and oxygen atoms in total. The number of rotatable bonds is 2. The van der Waals surface area contributed by atoms with Crippen LogP contribution in [0.25, 0.3) is 32.8 Å². The van der Waals surface area contributed by atoms with Crippen molar-refractivity contribution in [3.63, 3.8) is 0 Å². The van der Waals surface area contributed by atoms with E-state index in [4.69, 9.17) is 0 Å². The molecule has 0 atom stereocenters. The van der Waals surface area contributed by atoms with Crippen molar-refractivity contribution in [1.82, 2.24) is 0 Å². The Hall–Kier alpha value is -3.39. The van der Waals surface area contributed by atoms with Crippen LogP contribution in [-0.4, -0.2) is 12.8 Å². The van der Waals surface area contributed by atoms with Crippen LogP contribution >= 0.6 is 0 Å². The SMILES string of the molecule is CC(=O)C1=C(c2ccccc2)N(C)c2cc3ccccc3c3cccc1c23. The summed E-state index contributed by atoms with van der Waals surface area (Å²) in [6.45, 7) is 1.66. The van der Waals surface area contributed by atoms with Crippen LogP contribution < -0.4 is 4.90 Å². The molecule has 27 heavy (non-hydrogen) atoms. The maximum Gasteiger partial charge on any atom is 0.162 e. The Kier molecular flexibility index (Phi) is 3.41. The molecule has 0 unspecified atom stereocenters. The molecule has 0 spiro atoms. The Balaban J connectivity index is 1.97. The van der Waals surface area contributed by atoms with Crippen molar-refractivity contribution >= 4 is 44.3 Å². The van der Waals surface area contributed by atoms with Gasteiger partial charge in [-0.05, 0) is 40.3 Å². The van der Waals surface area contributed by atoms with Crippen molar-refractivity contribution < 1.29 is 4.79 Å². The van der Waals surface area contributed by atoms with Gasteiger partial charge in [0, 0.05) is 18.0 Å². The van der Waals surface area contributed by atoms with Gasteiger partial charge in [0.15, 0.2) is 5.78 Å². The molecule has 5 rings (SSSR count). The van der Waals surface area contributed by atoms with E-state index < -0.39 is 0 Å². The fraction of sp³-hybridized carbons (Fsp3) is 0.0800. The lowest BCUT2D eigenvalue weighted by Gasteiger charge is -2.33. The molecule has 1 aliphatic heterocycles. The lowest BCUT2D eigenvalue weighted by molar-refractivity contribution is -0.111. The second-order valence-electron chi connectivity index (χ2n) is 7.05. The molecular weight excluding hydrogens is 330 g/mol. The minimum atomic E-state index is 0.0898. The first-order chi connectivity index (χ1) is 13.2. The van der Waals surface area contributed by atoms with E-state index in [-0.39, 0.29) is 5.78 Å². The number of anilines is 1. The lowest BCUT2D eigenvalue weighted by atomic mass is 9.86. The lowest BCUT2D eigenvalue weighted by Crippen LogP contribution is -2.23. The van der Waals surface area contributed by atoms with Crippen molar-refractivity contribution in [3.05, 3.63) is 90.0 Å². The summed E-state index contributed by atoms with van der Waals surface area (Å²) in [6, 6.07) is 27.2. The number of carbonyl (C=O) groups excluding carboxylic acids is 1. The van der Waals surface area contributed by atoms with Gasteiger partial charge < -0.3 is 4.90 Å². The van der Waals surface area contributed by atoms with Crippen LogP contribution in [0.4, 0.5) is 5.69 Å². The zero-order chi connectivity index (χ0) is 18.5. The summed E-state index contributed by atoms with van der Waals surface area (Å²) >= 11 is 0. The third kappa shape index (κ3) is 2.23. The van der Waals surface area contributed by atoms with Gasteiger partial charge in [0.05, 0.1) is 11.4 Å². The number of Topliss-reactive ketones (excluding diaryl/α,β-unsaturated/α-hetero) is 1. The predicted octanol–water partition coefficient (Wildman–Crippen LogP) is 5.90. The summed E-state index contributed by atoms with van der Waals surface area (Å²) in [4.78, 5) is 14.9. The van der Waals surface area contributed by atoms with E-state index >= 15 is 0 Å². The third-order valence-corrected chi connectivity index (χ3v) is 5.47. The molecule has 0 aromatic heterocycles. The van der Waals surface area contributed by atoms with E-state index in [0.29, 0.717) is 0 Å². The summed E-state index contributed by atoms with van der Waals surface area (Å²) in [5.74, 6) is 0.0898. The molecule has 0 saturated heterocycles. The predicted molar refractivity (Wildman–Crippen MR) is 114 cm³/mol. The highest BCUT2D eigenvalue weighted by Gasteiger charge is 2.28. The number of nitrogens with zero attached hydrogens (tertiary/aromatic N) is 1. The Labute approximate surface area is 158 Å². The molecular formula is C25H19NO. The first-order valence-corrected chi connectivity index (χ1v) is 9.16. The molecule has 0 saturated carbocycles. The molecule has 0 fully saturated rings. The number of hydrogen-bond donors (Lipinski definition) is 0. The molecule has 0 radical (unpaired) electrons. The molecule has 1 aliphatic rings. The number of allylic oxidation sites excluding steroid dienone is 1. The van der Waals surface area contributed by atoms with Crippen molar-refractivity contribution in [2.45, 2.75) is 6.92 Å². The Morgan fingerprint density at radius 1 is 0.815 bits per heavy atom. The summed E-state index contributed by atoms with van der Waals surface area (Å²) in [6.07, 6.45) is 0. The Morgan fingerprint density at radius 2 is 1.52 bits per heavy atom. The van der Waals surface area contributed by atoms with E-state index in [0.717, 1.165) is 33.5 Å². The second-order valence-corrected chi connectivity index (χ2v) is 7.05. The van der Waals surface area contributed by atoms with Crippen LogP contribution in [0.1, 0.15) is 18.1 Å². The molecule has 0 aliphatic carbocycles. The number of ketones is 1. The molecule has 1 heterocycles. The summed E-state index contributed by atoms with van der Waals surface area (Å²) in [5.41, 5.74) is 4.98. The molecule has 0 N–H and O–H groups in total. The van der Waals surface area contributed by atoms with Gasteiger partial charge in [-0.2, -0.15) is 0 Å². The summed E-state index contributed by atoms with van der Waals surface area (Å²) in [7, 11) is 2.06. The number of benzene rings is 4. The van der Waals surface area contributed by atoms with Gasteiger partial charge in [-0.1, -0.05) is 72.8 Å². The van der Waals surface area contributed by atoms with Crippen LogP contribution in [0, 0.1) is 0 Å². The fourth-order valence-corrected chi connectivity index (χ4v) is 4.32. The van der Waals surface area contributed by atoms with Gasteiger partial charge in [0.2, 0.25) is 0 Å². The van der Waals surface area contributed by atoms with Crippen LogP contribution in [0.5, 0.6) is 0 Å². The normalized spacial score (nSPS) is 13.5. The van der Waals surface area contributed by atoms with Gasteiger partial charge >= 0.3 is 0 Å². The van der Waals surface area contributed by atoms with E-state index in [1.807, 2.05) is 18.2 Å². The highest BCUT2D eigenvalue weighted by molar-refractivity contribution is 6.35. The summed E-state index contributed by atoms with van der Waals surface area (Å²) < 4.78 is 0. The van der Waals surface area contributed by atoms with E-state index in [2.05, 4.69) is 72.6 Å². The maximum absolute atomic E-state index is 12.8. The van der Waals surface area contributed by atoms with Crippen LogP contribution in [-0.2, 0) is 4.79 Å². The van der Waals surface area contributed by atoms with E-state index in [1.165, 1.54) is 16.2 Å². The van der Waals surface area contributed by atoms with Crippen LogP contribution in [0.2, 0.25) is 0 Å². The molecule has 0 bridgehead atoms. The van der Waals surface area contributed by atoms with Gasteiger partial charge in [-0.15, -0.1) is 0 Å². The first kappa shape index (κ1) is 15.8. The van der Waals surface area contributed by atoms with E-state index in [1.54, 1.807) is 6.92 Å². The topological polar surface area (TPSA) is 20.3 Å². The van der Waals surface area contributed by atoms with Gasteiger partial charge in [-0.3, -0.25) is 4.79 Å². The highest BCUT2D eigenvalue weighted by atomic mass is 16.1. The van der Waals surface area contributed by atoms with Gasteiger partial charge in [-0.25, -0.2) is 0 Å². The average molecular weight is 349 g/mol. The monoisotopic (exact) mass is 349 g/mol. The molecule has 0 amide bonds. The zero-order valence-corrected chi connectivity index (χ0v) is 15.4. The fourth-order valence-electron chi connectivity index (χ4n) is 4.32. The highest BCUT2D eigenvalue weighted by Crippen LogP contribution is 2.46. The van der Waals surface area contributed by atoms with Crippen LogP contribution in [0.15, 0.2) is 78.9 Å². The third-order valence-electron chi connectivity index (χ3n) is 5.47. The molecule has 130 valence electrons. The number of carbonyl (C=O) groups is 1. The van der Waals surface area contributed by atoms with Crippen molar-refractivity contribution in [1.29, 1.82) is 0 Å². The van der Waals surface area contributed by atoms with Crippen molar-refractivity contribution in [2.24, 2.45) is 0 Å². The first-order valence-electron chi connectivity index (χ1n) is 9.16. The van der Waals surface area contributed by atoms with Crippen molar-refractivity contribution in [2.75, 3.05) is 11.9 Å². The van der Waals surface area contributed by atoms with E-state index in [9.17, 15) is 4.79 Å². The Morgan fingerprint density at radius 3 is 2.30 bits per heavy atom. The number of fused-ring (bicyclic) bond motifs is 2. The van der Waals surface area contributed by atoms with Crippen molar-refractivity contribution in [3.8, 4) is 0 Å². The van der Waals surface area contributed by atoms with Gasteiger partial charge in [0.25, 0.3) is 0 Å². The van der Waals surface area contributed by atoms with Crippen LogP contribution in [0.3, 0.4) is 0 Å².